The summed E-state index contributed by atoms with van der Waals surface area (Å²) in [5, 5.41) is 8.39. The number of anilines is 1. The number of hydrogen-bond donors (Lipinski definition) is 2. The zero-order chi connectivity index (χ0) is 24.5. The minimum Gasteiger partial charge on any atom is -0.457 e. The average molecular weight is 490 g/mol. The van der Waals surface area contributed by atoms with Crippen LogP contribution in [0.5, 0.6) is 0 Å². The van der Waals surface area contributed by atoms with Crippen LogP contribution in [0.1, 0.15) is 55.5 Å². The maximum Gasteiger partial charge on any atom is 0.299 e. The van der Waals surface area contributed by atoms with Gasteiger partial charge in [-0.3, -0.25) is 4.79 Å². The number of nitrogens with zero attached hydrogens (tertiary/aromatic N) is 2. The van der Waals surface area contributed by atoms with Crippen molar-refractivity contribution >= 4 is 27.6 Å². The van der Waals surface area contributed by atoms with Gasteiger partial charge in [0.1, 0.15) is 16.7 Å². The van der Waals surface area contributed by atoms with E-state index in [1.165, 1.54) is 12.1 Å². The second kappa shape index (κ2) is 9.34. The summed E-state index contributed by atoms with van der Waals surface area (Å²) in [6.07, 6.45) is 1.40. The Morgan fingerprint density at radius 1 is 1.24 bits per heavy atom. The standard InChI is InChI=1S/C24H28FN3O5S/c1-24(2)22(16-9-11-17(12-10-16)28-14-5-8-21(28)30)34(31,32)27-23(33-24)26-20(13-15-29)18-6-3-4-7-19(18)25/h3-4,6-7,9-12,20,22,29H,5,8,13-15H2,1-2H3,(H,26,27). The molecular formula is C24H28FN3O5S. The third kappa shape index (κ3) is 4.78. The van der Waals surface area contributed by atoms with Crippen molar-refractivity contribution in [2.45, 2.75) is 50.0 Å². The number of halogens is 1. The van der Waals surface area contributed by atoms with Crippen LogP contribution in [0.25, 0.3) is 0 Å². The summed E-state index contributed by atoms with van der Waals surface area (Å²) < 4.78 is 49.2. The van der Waals surface area contributed by atoms with E-state index in [2.05, 4.69) is 9.71 Å². The molecule has 182 valence electrons. The van der Waals surface area contributed by atoms with Gasteiger partial charge in [-0.15, -0.1) is 0 Å². The van der Waals surface area contributed by atoms with Crippen LogP contribution in [0.15, 0.2) is 53.5 Å². The van der Waals surface area contributed by atoms with Crippen LogP contribution in [0.4, 0.5) is 10.1 Å². The number of benzene rings is 2. The quantitative estimate of drug-likeness (QED) is 0.648. The molecule has 0 aromatic heterocycles. The van der Waals surface area contributed by atoms with Crippen molar-refractivity contribution in [2.75, 3.05) is 18.1 Å². The number of amides is 1. The fraction of sp³-hybridized carbons (Fsp3) is 0.417. The third-order valence-corrected chi connectivity index (χ3v) is 7.97. The summed E-state index contributed by atoms with van der Waals surface area (Å²) in [4.78, 5) is 18.0. The maximum atomic E-state index is 14.3. The van der Waals surface area contributed by atoms with Gasteiger partial charge in [-0.2, -0.15) is 0 Å². The number of sulfonamides is 1. The Morgan fingerprint density at radius 2 is 1.94 bits per heavy atom. The van der Waals surface area contributed by atoms with Gasteiger partial charge in [-0.25, -0.2) is 22.5 Å². The Balaban J connectivity index is 1.62. The van der Waals surface area contributed by atoms with Gasteiger partial charge in [0.05, 0.1) is 6.04 Å². The highest BCUT2D eigenvalue weighted by Crippen LogP contribution is 2.40. The number of nitrogens with one attached hydrogen (secondary N) is 1. The summed E-state index contributed by atoms with van der Waals surface area (Å²) in [5.41, 5.74) is 0.268. The zero-order valence-electron chi connectivity index (χ0n) is 19.1. The molecule has 1 amide bonds. The van der Waals surface area contributed by atoms with Gasteiger partial charge in [0.2, 0.25) is 15.9 Å². The Morgan fingerprint density at radius 3 is 2.53 bits per heavy atom. The Kier molecular flexibility index (Phi) is 6.64. The van der Waals surface area contributed by atoms with Crippen LogP contribution in [0.3, 0.4) is 0 Å². The first-order valence-corrected chi connectivity index (χ1v) is 12.7. The molecule has 0 spiro atoms. The molecule has 2 atom stereocenters. The number of aliphatic hydroxyl groups is 1. The van der Waals surface area contributed by atoms with Crippen LogP contribution < -0.4 is 9.62 Å². The van der Waals surface area contributed by atoms with E-state index in [0.29, 0.717) is 18.5 Å². The molecule has 34 heavy (non-hydrogen) atoms. The van der Waals surface area contributed by atoms with Gasteiger partial charge in [-0.05, 0) is 50.5 Å². The molecular weight excluding hydrogens is 461 g/mol. The number of aliphatic hydroxyl groups excluding tert-OH is 1. The van der Waals surface area contributed by atoms with E-state index in [9.17, 15) is 22.7 Å². The van der Waals surface area contributed by atoms with Gasteiger partial charge < -0.3 is 14.7 Å². The van der Waals surface area contributed by atoms with Crippen LogP contribution >= 0.6 is 0 Å². The number of hydrogen-bond acceptors (Lipinski definition) is 6. The van der Waals surface area contributed by atoms with E-state index < -0.39 is 32.7 Å². The van der Waals surface area contributed by atoms with Crippen LogP contribution in [0, 0.1) is 5.82 Å². The summed E-state index contributed by atoms with van der Waals surface area (Å²) in [5.74, 6) is -0.450. The molecule has 2 unspecified atom stereocenters. The van der Waals surface area contributed by atoms with Crippen LogP contribution in [-0.4, -0.2) is 44.2 Å². The molecule has 0 aliphatic carbocycles. The van der Waals surface area contributed by atoms with Crippen molar-refractivity contribution < 1.29 is 27.4 Å². The third-order valence-electron chi connectivity index (χ3n) is 6.05. The smallest absolute Gasteiger partial charge is 0.299 e. The minimum absolute atomic E-state index is 0.0523. The van der Waals surface area contributed by atoms with Crippen molar-refractivity contribution in [3.05, 3.63) is 65.5 Å². The molecule has 2 N–H and O–H groups in total. The lowest BCUT2D eigenvalue weighted by molar-refractivity contribution is -0.117. The van der Waals surface area contributed by atoms with Crippen molar-refractivity contribution in [3.63, 3.8) is 0 Å². The lowest BCUT2D eigenvalue weighted by atomic mass is 9.97. The molecule has 2 heterocycles. The molecule has 2 aliphatic rings. The molecule has 0 radical (unpaired) electrons. The predicted octanol–water partition coefficient (Wildman–Crippen LogP) is 3.20. The fourth-order valence-electron chi connectivity index (χ4n) is 4.56. The lowest BCUT2D eigenvalue weighted by Crippen LogP contribution is -2.53. The van der Waals surface area contributed by atoms with E-state index in [4.69, 9.17) is 4.74 Å². The highest BCUT2D eigenvalue weighted by Gasteiger charge is 2.48. The summed E-state index contributed by atoms with van der Waals surface area (Å²) in [7, 11) is -3.97. The Hall–Kier alpha value is -2.98. The number of aliphatic imine (C=N–C) groups is 1. The molecule has 2 fully saturated rings. The summed E-state index contributed by atoms with van der Waals surface area (Å²) in [6.45, 7) is 3.68. The van der Waals surface area contributed by atoms with Crippen LogP contribution in [0.2, 0.25) is 0 Å². The number of carbonyl (C=O) groups is 1. The Labute approximate surface area is 198 Å². The molecule has 2 aliphatic heterocycles. The summed E-state index contributed by atoms with van der Waals surface area (Å²) >= 11 is 0. The second-order valence-electron chi connectivity index (χ2n) is 8.96. The predicted molar refractivity (Wildman–Crippen MR) is 126 cm³/mol. The molecule has 8 nitrogen and oxygen atoms in total. The zero-order valence-corrected chi connectivity index (χ0v) is 19.9. The largest absolute Gasteiger partial charge is 0.457 e. The molecule has 4 rings (SSSR count). The summed E-state index contributed by atoms with van der Waals surface area (Å²) in [6, 6.07) is 11.8. The van der Waals surface area contributed by atoms with E-state index in [1.54, 1.807) is 55.1 Å². The highest BCUT2D eigenvalue weighted by molar-refractivity contribution is 7.90. The SMILES string of the molecule is CC1(C)OC(=NC(CCO)c2ccccc2F)NS(=O)(=O)C1c1ccc(N2CCCC2=O)cc1. The molecule has 2 aromatic rings. The van der Waals surface area contributed by atoms with E-state index in [1.807, 2.05) is 0 Å². The van der Waals surface area contributed by atoms with Crippen molar-refractivity contribution in [1.82, 2.24) is 4.72 Å². The molecule has 0 saturated carbocycles. The van der Waals surface area contributed by atoms with Crippen molar-refractivity contribution in [1.29, 1.82) is 0 Å². The van der Waals surface area contributed by atoms with Gasteiger partial charge in [0.25, 0.3) is 6.02 Å². The van der Waals surface area contributed by atoms with Gasteiger partial charge in [-0.1, -0.05) is 30.3 Å². The normalized spacial score (nSPS) is 23.4. The molecule has 2 saturated heterocycles. The first kappa shape index (κ1) is 24.2. The lowest BCUT2D eigenvalue weighted by Gasteiger charge is -2.39. The van der Waals surface area contributed by atoms with Gasteiger partial charge in [0, 0.05) is 30.8 Å². The van der Waals surface area contributed by atoms with E-state index in [-0.39, 0.29) is 30.5 Å². The number of rotatable bonds is 6. The van der Waals surface area contributed by atoms with E-state index >= 15 is 0 Å². The number of amidine groups is 1. The maximum absolute atomic E-state index is 14.3. The topological polar surface area (TPSA) is 108 Å². The van der Waals surface area contributed by atoms with Crippen molar-refractivity contribution in [2.24, 2.45) is 4.99 Å². The van der Waals surface area contributed by atoms with E-state index in [0.717, 1.165) is 12.1 Å². The first-order chi connectivity index (χ1) is 16.1. The Bertz CT molecular complexity index is 1200. The molecule has 2 aromatic carbocycles. The fourth-order valence-corrected chi connectivity index (χ4v) is 6.33. The second-order valence-corrected chi connectivity index (χ2v) is 10.7. The van der Waals surface area contributed by atoms with Crippen molar-refractivity contribution in [3.8, 4) is 0 Å². The number of ether oxygens (including phenoxy) is 1. The minimum atomic E-state index is -3.97. The first-order valence-electron chi connectivity index (χ1n) is 11.2. The van der Waals surface area contributed by atoms with Gasteiger partial charge >= 0.3 is 0 Å². The van der Waals surface area contributed by atoms with Crippen LogP contribution in [-0.2, 0) is 19.6 Å². The highest BCUT2D eigenvalue weighted by atomic mass is 32.2. The average Bonchev–Trinajstić information content (AvgIpc) is 3.18. The number of carbonyl (C=O) groups excluding carboxylic acids is 1. The monoisotopic (exact) mass is 489 g/mol. The molecule has 0 bridgehead atoms. The van der Waals surface area contributed by atoms with Gasteiger partial charge in [0.15, 0.2) is 0 Å². The molecule has 10 heteroatoms.